The van der Waals surface area contributed by atoms with Gasteiger partial charge in [-0.05, 0) is 36.1 Å². The molecular formula is C11H10O2S. The predicted molar refractivity (Wildman–Crippen MR) is 58.5 cm³/mol. The van der Waals surface area contributed by atoms with Gasteiger partial charge in [0.2, 0.25) is 0 Å². The molecule has 0 aliphatic carbocycles. The van der Waals surface area contributed by atoms with Crippen LogP contribution in [0.5, 0.6) is 5.75 Å². The van der Waals surface area contributed by atoms with Crippen LogP contribution in [-0.4, -0.2) is 13.4 Å². The zero-order chi connectivity index (χ0) is 10.1. The first-order valence-corrected chi connectivity index (χ1v) is 5.09. The van der Waals surface area contributed by atoms with E-state index in [0.717, 1.165) is 32.6 Å². The van der Waals surface area contributed by atoms with Gasteiger partial charge in [-0.2, -0.15) is 0 Å². The lowest BCUT2D eigenvalue weighted by atomic mass is 10.1. The number of hydrogen-bond acceptors (Lipinski definition) is 3. The summed E-state index contributed by atoms with van der Waals surface area (Å²) in [7, 11) is 1.66. The Morgan fingerprint density at radius 2 is 2.14 bits per heavy atom. The van der Waals surface area contributed by atoms with Gasteiger partial charge in [0.1, 0.15) is 5.75 Å². The van der Waals surface area contributed by atoms with Crippen LogP contribution in [0.15, 0.2) is 18.2 Å². The largest absolute Gasteiger partial charge is 0.496 e. The molecule has 2 nitrogen and oxygen atoms in total. The number of fused-ring (bicyclic) bond motifs is 1. The van der Waals surface area contributed by atoms with Crippen molar-refractivity contribution in [2.24, 2.45) is 0 Å². The van der Waals surface area contributed by atoms with Crippen molar-refractivity contribution < 1.29 is 9.53 Å². The number of benzene rings is 1. The molecule has 0 bridgehead atoms. The SMILES string of the molecule is COc1cc2sc(C=O)cc2cc1C. The fraction of sp³-hybridized carbons (Fsp3) is 0.182. The first-order valence-electron chi connectivity index (χ1n) is 4.28. The van der Waals surface area contributed by atoms with Crippen LogP contribution >= 0.6 is 11.3 Å². The Kier molecular flexibility index (Phi) is 2.25. The number of carbonyl (C=O) groups is 1. The van der Waals surface area contributed by atoms with Crippen LogP contribution in [0.2, 0.25) is 0 Å². The second kappa shape index (κ2) is 3.42. The highest BCUT2D eigenvalue weighted by Gasteiger charge is 2.05. The van der Waals surface area contributed by atoms with Crippen LogP contribution in [0.4, 0.5) is 0 Å². The van der Waals surface area contributed by atoms with E-state index in [1.807, 2.05) is 25.1 Å². The van der Waals surface area contributed by atoms with E-state index in [-0.39, 0.29) is 0 Å². The Bertz CT molecular complexity index is 485. The maximum absolute atomic E-state index is 10.6. The van der Waals surface area contributed by atoms with E-state index in [1.165, 1.54) is 11.3 Å². The highest BCUT2D eigenvalue weighted by Crippen LogP contribution is 2.30. The molecule has 0 amide bonds. The van der Waals surface area contributed by atoms with Gasteiger partial charge in [0.05, 0.1) is 12.0 Å². The Labute approximate surface area is 86.1 Å². The highest BCUT2D eigenvalue weighted by molar-refractivity contribution is 7.20. The number of ether oxygens (including phenoxy) is 1. The molecule has 2 rings (SSSR count). The summed E-state index contributed by atoms with van der Waals surface area (Å²) < 4.78 is 6.31. The van der Waals surface area contributed by atoms with Gasteiger partial charge in [0, 0.05) is 4.70 Å². The molecule has 1 heterocycles. The molecule has 0 N–H and O–H groups in total. The maximum Gasteiger partial charge on any atom is 0.160 e. The fourth-order valence-corrected chi connectivity index (χ4v) is 2.37. The van der Waals surface area contributed by atoms with E-state index in [9.17, 15) is 4.79 Å². The van der Waals surface area contributed by atoms with Gasteiger partial charge in [0.25, 0.3) is 0 Å². The summed E-state index contributed by atoms with van der Waals surface area (Å²) in [6.07, 6.45) is 0.881. The lowest BCUT2D eigenvalue weighted by molar-refractivity contribution is 0.112. The van der Waals surface area contributed by atoms with Crippen molar-refractivity contribution in [1.82, 2.24) is 0 Å². The number of hydrogen-bond donors (Lipinski definition) is 0. The predicted octanol–water partition coefficient (Wildman–Crippen LogP) is 3.03. The van der Waals surface area contributed by atoms with Crippen LogP contribution in [0, 0.1) is 6.92 Å². The van der Waals surface area contributed by atoms with E-state index in [2.05, 4.69) is 0 Å². The van der Waals surface area contributed by atoms with Crippen LogP contribution in [0.3, 0.4) is 0 Å². The van der Waals surface area contributed by atoms with Crippen LogP contribution in [-0.2, 0) is 0 Å². The Morgan fingerprint density at radius 3 is 2.79 bits per heavy atom. The second-order valence-corrected chi connectivity index (χ2v) is 4.24. The van der Waals surface area contributed by atoms with E-state index >= 15 is 0 Å². The van der Waals surface area contributed by atoms with Gasteiger partial charge in [0.15, 0.2) is 6.29 Å². The molecule has 0 unspecified atom stereocenters. The molecular weight excluding hydrogens is 196 g/mol. The molecule has 0 radical (unpaired) electrons. The number of aryl methyl sites for hydroxylation is 1. The average Bonchev–Trinajstić information content (AvgIpc) is 2.58. The van der Waals surface area contributed by atoms with E-state index in [0.29, 0.717) is 0 Å². The smallest absolute Gasteiger partial charge is 0.160 e. The lowest BCUT2D eigenvalue weighted by Crippen LogP contribution is -1.85. The topological polar surface area (TPSA) is 26.3 Å². The molecule has 0 aliphatic heterocycles. The summed E-state index contributed by atoms with van der Waals surface area (Å²) in [5.74, 6) is 0.872. The molecule has 0 saturated carbocycles. The summed E-state index contributed by atoms with van der Waals surface area (Å²) in [6, 6.07) is 5.92. The summed E-state index contributed by atoms with van der Waals surface area (Å²) >= 11 is 1.49. The van der Waals surface area contributed by atoms with Gasteiger partial charge in [-0.15, -0.1) is 11.3 Å². The number of thiophene rings is 1. The van der Waals surface area contributed by atoms with Gasteiger partial charge >= 0.3 is 0 Å². The molecule has 1 aromatic carbocycles. The van der Waals surface area contributed by atoms with Crippen molar-refractivity contribution in [1.29, 1.82) is 0 Å². The van der Waals surface area contributed by atoms with Crippen LogP contribution < -0.4 is 4.74 Å². The van der Waals surface area contributed by atoms with Crippen molar-refractivity contribution in [2.45, 2.75) is 6.92 Å². The monoisotopic (exact) mass is 206 g/mol. The molecule has 0 aliphatic rings. The first kappa shape index (κ1) is 9.21. The van der Waals surface area contributed by atoms with Gasteiger partial charge < -0.3 is 4.74 Å². The van der Waals surface area contributed by atoms with E-state index in [1.54, 1.807) is 7.11 Å². The third-order valence-corrected chi connectivity index (χ3v) is 3.19. The molecule has 0 fully saturated rings. The Balaban J connectivity index is 2.69. The Hall–Kier alpha value is -1.35. The minimum absolute atomic E-state index is 0.757. The molecule has 0 spiro atoms. The molecule has 0 atom stereocenters. The maximum atomic E-state index is 10.6. The van der Waals surface area contributed by atoms with E-state index < -0.39 is 0 Å². The lowest BCUT2D eigenvalue weighted by Gasteiger charge is -2.03. The first-order chi connectivity index (χ1) is 6.74. The molecule has 72 valence electrons. The third-order valence-electron chi connectivity index (χ3n) is 2.17. The average molecular weight is 206 g/mol. The quantitative estimate of drug-likeness (QED) is 0.706. The minimum atomic E-state index is 0.757. The number of aldehydes is 1. The molecule has 1 aromatic heterocycles. The second-order valence-electron chi connectivity index (χ2n) is 3.13. The van der Waals surface area contributed by atoms with Crippen LogP contribution in [0.25, 0.3) is 10.1 Å². The highest BCUT2D eigenvalue weighted by atomic mass is 32.1. The number of rotatable bonds is 2. The minimum Gasteiger partial charge on any atom is -0.496 e. The van der Waals surface area contributed by atoms with Crippen molar-refractivity contribution in [3.63, 3.8) is 0 Å². The van der Waals surface area contributed by atoms with Crippen LogP contribution in [0.1, 0.15) is 15.2 Å². The van der Waals surface area contributed by atoms with Gasteiger partial charge in [-0.1, -0.05) is 0 Å². The summed E-state index contributed by atoms with van der Waals surface area (Å²) in [5, 5.41) is 1.11. The Morgan fingerprint density at radius 1 is 1.36 bits per heavy atom. The molecule has 0 saturated heterocycles. The summed E-state index contributed by atoms with van der Waals surface area (Å²) in [5.41, 5.74) is 1.09. The van der Waals surface area contributed by atoms with Gasteiger partial charge in [-0.25, -0.2) is 0 Å². The van der Waals surface area contributed by atoms with Crippen molar-refractivity contribution >= 4 is 27.7 Å². The van der Waals surface area contributed by atoms with Crippen molar-refractivity contribution in [3.05, 3.63) is 28.6 Å². The zero-order valence-electron chi connectivity index (χ0n) is 8.03. The zero-order valence-corrected chi connectivity index (χ0v) is 8.85. The van der Waals surface area contributed by atoms with Crippen molar-refractivity contribution in [2.75, 3.05) is 7.11 Å². The van der Waals surface area contributed by atoms with Gasteiger partial charge in [-0.3, -0.25) is 4.79 Å². The number of methoxy groups -OCH3 is 1. The normalized spacial score (nSPS) is 10.4. The molecule has 14 heavy (non-hydrogen) atoms. The number of carbonyl (C=O) groups excluding carboxylic acids is 1. The van der Waals surface area contributed by atoms with Crippen molar-refractivity contribution in [3.8, 4) is 5.75 Å². The fourth-order valence-electron chi connectivity index (χ4n) is 1.48. The summed E-state index contributed by atoms with van der Waals surface area (Å²) in [4.78, 5) is 11.4. The summed E-state index contributed by atoms with van der Waals surface area (Å²) in [6.45, 7) is 2.00. The van der Waals surface area contributed by atoms with E-state index in [4.69, 9.17) is 4.74 Å². The molecule has 3 heteroatoms. The molecule has 2 aromatic rings. The standard InChI is InChI=1S/C11H10O2S/c1-7-3-8-4-9(6-12)14-11(8)5-10(7)13-2/h3-6H,1-2H3. The third kappa shape index (κ3) is 1.40.